The first-order valence-corrected chi connectivity index (χ1v) is 3.20. The summed E-state index contributed by atoms with van der Waals surface area (Å²) in [6.07, 6.45) is 1.26. The zero-order chi connectivity index (χ0) is 9.56. The molecule has 0 radical (unpaired) electrons. The van der Waals surface area contributed by atoms with Crippen LogP contribution >= 0.6 is 0 Å². The fraction of sp³-hybridized carbons (Fsp3) is 0.286. The van der Waals surface area contributed by atoms with Crippen LogP contribution in [0.5, 0.6) is 0 Å². The Morgan fingerprint density at radius 3 is 2.67 bits per heavy atom. The Balaban J connectivity index is 4.37. The Kier molecular flexibility index (Phi) is 4.16. The van der Waals surface area contributed by atoms with Crippen molar-refractivity contribution in [3.8, 4) is 6.19 Å². The summed E-state index contributed by atoms with van der Waals surface area (Å²) < 4.78 is 4.41. The second-order valence-corrected chi connectivity index (χ2v) is 1.68. The summed E-state index contributed by atoms with van der Waals surface area (Å²) in [6, 6.07) is 0. The van der Waals surface area contributed by atoms with Crippen LogP contribution in [0.2, 0.25) is 0 Å². The van der Waals surface area contributed by atoms with Gasteiger partial charge in [0, 0.05) is 0 Å². The van der Waals surface area contributed by atoms with Crippen LogP contribution < -0.4 is 0 Å². The van der Waals surface area contributed by atoms with Crippen molar-refractivity contribution >= 4 is 12.0 Å². The van der Waals surface area contributed by atoms with Gasteiger partial charge in [-0.15, -0.1) is 4.90 Å². The highest BCUT2D eigenvalue weighted by atomic mass is 16.6. The van der Waals surface area contributed by atoms with Crippen molar-refractivity contribution in [1.82, 2.24) is 4.90 Å². The molecular formula is C7H8N2O3. The number of imide groups is 1. The first-order valence-electron chi connectivity index (χ1n) is 3.20. The summed E-state index contributed by atoms with van der Waals surface area (Å²) in [5.74, 6) is -0.795. The number of hydrogen-bond acceptors (Lipinski definition) is 4. The van der Waals surface area contributed by atoms with Crippen LogP contribution in [0.3, 0.4) is 0 Å². The van der Waals surface area contributed by atoms with Crippen LogP contribution in [0.1, 0.15) is 6.92 Å². The molecule has 0 saturated heterocycles. The average Bonchev–Trinajstić information content (AvgIpc) is 2.06. The molecule has 2 amide bonds. The fourth-order valence-corrected chi connectivity index (χ4v) is 0.459. The highest BCUT2D eigenvalue weighted by molar-refractivity contribution is 5.99. The maximum absolute atomic E-state index is 10.8. The number of rotatable bonds is 2. The third-order valence-electron chi connectivity index (χ3n) is 0.945. The van der Waals surface area contributed by atoms with Gasteiger partial charge in [0.2, 0.25) is 0 Å². The molecule has 0 unspecified atom stereocenters. The monoisotopic (exact) mass is 168 g/mol. The first-order chi connectivity index (χ1) is 5.67. The minimum atomic E-state index is -0.982. The predicted molar refractivity (Wildman–Crippen MR) is 39.7 cm³/mol. The smallest absolute Gasteiger partial charge is 0.430 e. The summed E-state index contributed by atoms with van der Waals surface area (Å²) in [5, 5.41) is 8.33. The van der Waals surface area contributed by atoms with Crippen LogP contribution in [0.25, 0.3) is 0 Å². The van der Waals surface area contributed by atoms with Crippen LogP contribution in [0.4, 0.5) is 4.79 Å². The quantitative estimate of drug-likeness (QED) is 0.344. The molecule has 12 heavy (non-hydrogen) atoms. The van der Waals surface area contributed by atoms with Gasteiger partial charge in [-0.25, -0.2) is 4.79 Å². The summed E-state index contributed by atoms with van der Waals surface area (Å²) in [4.78, 5) is 21.8. The Hall–Kier alpha value is -1.83. The number of carbonyl (C=O) groups excluding carboxylic acids is 2. The molecule has 0 aliphatic heterocycles. The van der Waals surface area contributed by atoms with Crippen LogP contribution in [0, 0.1) is 11.5 Å². The Morgan fingerprint density at radius 1 is 1.75 bits per heavy atom. The van der Waals surface area contributed by atoms with Gasteiger partial charge in [-0.05, 0) is 13.0 Å². The lowest BCUT2D eigenvalue weighted by molar-refractivity contribution is -0.121. The van der Waals surface area contributed by atoms with E-state index in [4.69, 9.17) is 5.26 Å². The molecule has 0 fully saturated rings. The van der Waals surface area contributed by atoms with Crippen molar-refractivity contribution in [2.75, 3.05) is 6.61 Å². The summed E-state index contributed by atoms with van der Waals surface area (Å²) in [5.41, 5.74) is 0. The number of hydrogen-bond donors (Lipinski definition) is 0. The zero-order valence-electron chi connectivity index (χ0n) is 6.61. The SMILES string of the molecule is C=CC(=O)N(C#N)C(=O)OCC. The third-order valence-corrected chi connectivity index (χ3v) is 0.945. The molecule has 0 N–H and O–H groups in total. The van der Waals surface area contributed by atoms with Gasteiger partial charge in [0.15, 0.2) is 6.19 Å². The maximum Gasteiger partial charge on any atom is 0.430 e. The molecule has 0 spiro atoms. The number of nitriles is 1. The topological polar surface area (TPSA) is 70.4 Å². The van der Waals surface area contributed by atoms with Gasteiger partial charge in [0.1, 0.15) is 0 Å². The van der Waals surface area contributed by atoms with Crippen LogP contribution in [0.15, 0.2) is 12.7 Å². The Labute approximate surface area is 69.8 Å². The van der Waals surface area contributed by atoms with Crippen molar-refractivity contribution in [3.63, 3.8) is 0 Å². The molecule has 0 bridgehead atoms. The van der Waals surface area contributed by atoms with Crippen LogP contribution in [-0.4, -0.2) is 23.5 Å². The van der Waals surface area contributed by atoms with Gasteiger partial charge >= 0.3 is 6.09 Å². The first kappa shape index (κ1) is 10.2. The molecule has 5 heteroatoms. The van der Waals surface area contributed by atoms with Gasteiger partial charge in [0.25, 0.3) is 5.91 Å². The second-order valence-electron chi connectivity index (χ2n) is 1.68. The van der Waals surface area contributed by atoms with E-state index >= 15 is 0 Å². The van der Waals surface area contributed by atoms with Gasteiger partial charge in [0.05, 0.1) is 6.61 Å². The van der Waals surface area contributed by atoms with Gasteiger partial charge < -0.3 is 4.74 Å². The minimum Gasteiger partial charge on any atom is -0.449 e. The Bertz CT molecular complexity index is 242. The lowest BCUT2D eigenvalue weighted by Gasteiger charge is -2.07. The highest BCUT2D eigenvalue weighted by Crippen LogP contribution is 1.93. The van der Waals surface area contributed by atoms with E-state index in [2.05, 4.69) is 11.3 Å². The lowest BCUT2D eigenvalue weighted by atomic mass is 10.5. The predicted octanol–water partition coefficient (Wildman–Crippen LogP) is 0.639. The molecule has 0 atom stereocenters. The molecule has 0 heterocycles. The van der Waals surface area contributed by atoms with Gasteiger partial charge in [-0.2, -0.15) is 5.26 Å². The molecule has 0 aromatic heterocycles. The van der Waals surface area contributed by atoms with E-state index in [0.717, 1.165) is 6.08 Å². The minimum absolute atomic E-state index is 0.113. The van der Waals surface area contributed by atoms with Crippen molar-refractivity contribution in [1.29, 1.82) is 5.26 Å². The zero-order valence-corrected chi connectivity index (χ0v) is 6.61. The van der Waals surface area contributed by atoms with Crippen LogP contribution in [-0.2, 0) is 9.53 Å². The normalized spacial score (nSPS) is 8.00. The van der Waals surface area contributed by atoms with E-state index in [0.29, 0.717) is 0 Å². The molecule has 0 aliphatic rings. The Morgan fingerprint density at radius 2 is 2.33 bits per heavy atom. The summed E-state index contributed by atoms with van der Waals surface area (Å²) in [7, 11) is 0. The lowest BCUT2D eigenvalue weighted by Crippen LogP contribution is -2.31. The molecule has 64 valence electrons. The van der Waals surface area contributed by atoms with Crippen molar-refractivity contribution < 1.29 is 14.3 Å². The fourth-order valence-electron chi connectivity index (χ4n) is 0.459. The van der Waals surface area contributed by atoms with Crippen molar-refractivity contribution in [3.05, 3.63) is 12.7 Å². The number of carbonyl (C=O) groups is 2. The van der Waals surface area contributed by atoms with E-state index in [9.17, 15) is 9.59 Å². The largest absolute Gasteiger partial charge is 0.449 e. The molecule has 0 saturated carbocycles. The van der Waals surface area contributed by atoms with E-state index in [1.54, 1.807) is 6.92 Å². The third kappa shape index (κ3) is 2.42. The van der Waals surface area contributed by atoms with Gasteiger partial charge in [-0.3, -0.25) is 4.79 Å². The van der Waals surface area contributed by atoms with E-state index in [-0.39, 0.29) is 11.5 Å². The average molecular weight is 168 g/mol. The molecule has 0 rings (SSSR count). The summed E-state index contributed by atoms with van der Waals surface area (Å²) >= 11 is 0. The van der Waals surface area contributed by atoms with E-state index in [1.165, 1.54) is 6.19 Å². The number of ether oxygens (including phenoxy) is 1. The maximum atomic E-state index is 10.8. The number of amides is 2. The van der Waals surface area contributed by atoms with Crippen molar-refractivity contribution in [2.45, 2.75) is 6.92 Å². The van der Waals surface area contributed by atoms with Crippen molar-refractivity contribution in [2.24, 2.45) is 0 Å². The van der Waals surface area contributed by atoms with E-state index < -0.39 is 12.0 Å². The molecule has 0 aliphatic carbocycles. The highest BCUT2D eigenvalue weighted by Gasteiger charge is 2.19. The standard InChI is InChI=1S/C7H8N2O3/c1-3-6(10)9(5-8)7(11)12-4-2/h3H,1,4H2,2H3. The second kappa shape index (κ2) is 4.91. The molecule has 0 aromatic rings. The molecule has 5 nitrogen and oxygen atoms in total. The van der Waals surface area contributed by atoms with Gasteiger partial charge in [-0.1, -0.05) is 6.58 Å². The molecular weight excluding hydrogens is 160 g/mol. The van der Waals surface area contributed by atoms with E-state index in [1.807, 2.05) is 0 Å². The number of nitrogens with zero attached hydrogens (tertiary/aromatic N) is 2. The molecule has 0 aromatic carbocycles. The summed E-state index contributed by atoms with van der Waals surface area (Å²) in [6.45, 7) is 4.81.